The summed E-state index contributed by atoms with van der Waals surface area (Å²) in [6, 6.07) is 0.391. The molecular weight excluding hydrogens is 316 g/mol. The fourth-order valence-corrected chi connectivity index (χ4v) is 3.80. The van der Waals surface area contributed by atoms with E-state index in [1.807, 2.05) is 11.9 Å². The van der Waals surface area contributed by atoms with Crippen LogP contribution in [0, 0.1) is 5.92 Å². The first kappa shape index (κ1) is 20.0. The lowest BCUT2D eigenvalue weighted by molar-refractivity contribution is -0.134. The number of carbonyl (C=O) groups excluding carboxylic acids is 1. The number of rotatable bonds is 6. The smallest absolute Gasteiger partial charge is 0.224 e. The third-order valence-electron chi connectivity index (χ3n) is 5.53. The molecule has 2 aliphatic rings. The summed E-state index contributed by atoms with van der Waals surface area (Å²) in [7, 11) is 3.88. The molecule has 0 spiro atoms. The van der Waals surface area contributed by atoms with Gasteiger partial charge >= 0.3 is 0 Å². The van der Waals surface area contributed by atoms with Gasteiger partial charge in [0.1, 0.15) is 0 Å². The molecule has 2 fully saturated rings. The van der Waals surface area contributed by atoms with E-state index in [4.69, 9.17) is 4.74 Å². The van der Waals surface area contributed by atoms with E-state index in [2.05, 4.69) is 29.2 Å². The van der Waals surface area contributed by atoms with E-state index in [0.717, 1.165) is 51.0 Å². The maximum atomic E-state index is 12.4. The van der Waals surface area contributed by atoms with Crippen molar-refractivity contribution < 1.29 is 9.53 Å². The molecule has 2 aliphatic heterocycles. The number of nitrogens with one attached hydrogen (secondary N) is 1. The Hall–Kier alpha value is -1.30. The van der Waals surface area contributed by atoms with Crippen molar-refractivity contribution in [3.63, 3.8) is 0 Å². The first-order valence-corrected chi connectivity index (χ1v) is 9.90. The van der Waals surface area contributed by atoms with E-state index in [9.17, 15) is 4.79 Å². The lowest BCUT2D eigenvalue weighted by Crippen LogP contribution is -2.45. The Morgan fingerprint density at radius 2 is 2.04 bits per heavy atom. The number of carbonyl (C=O) groups is 1. The van der Waals surface area contributed by atoms with Gasteiger partial charge in [-0.25, -0.2) is 0 Å². The maximum Gasteiger partial charge on any atom is 0.224 e. The normalized spacial score (nSPS) is 22.8. The molecule has 0 aromatic heterocycles. The predicted octanol–water partition coefficient (Wildman–Crippen LogP) is 2.10. The van der Waals surface area contributed by atoms with Gasteiger partial charge in [-0.05, 0) is 51.4 Å². The topological polar surface area (TPSA) is 57.2 Å². The molecule has 1 unspecified atom stereocenters. The summed E-state index contributed by atoms with van der Waals surface area (Å²) in [5.41, 5.74) is 0. The molecule has 2 rings (SSSR count). The maximum absolute atomic E-state index is 12.4. The van der Waals surface area contributed by atoms with E-state index in [-0.39, 0.29) is 5.91 Å². The lowest BCUT2D eigenvalue weighted by Gasteiger charge is -2.33. The SMILES string of the molecule is CN=C(NCCC(=O)N1CCCCC1C)N(C)CCC1CCOCC1. The van der Waals surface area contributed by atoms with Gasteiger partial charge in [-0.3, -0.25) is 9.79 Å². The summed E-state index contributed by atoms with van der Waals surface area (Å²) >= 11 is 0. The van der Waals surface area contributed by atoms with Crippen LogP contribution >= 0.6 is 0 Å². The fourth-order valence-electron chi connectivity index (χ4n) is 3.80. The summed E-state index contributed by atoms with van der Waals surface area (Å²) in [6.07, 6.45) is 7.57. The first-order chi connectivity index (χ1) is 12.1. The van der Waals surface area contributed by atoms with E-state index >= 15 is 0 Å². The van der Waals surface area contributed by atoms with Gasteiger partial charge in [0.25, 0.3) is 0 Å². The third kappa shape index (κ3) is 6.49. The van der Waals surface area contributed by atoms with Crippen molar-refractivity contribution in [3.05, 3.63) is 0 Å². The van der Waals surface area contributed by atoms with Crippen molar-refractivity contribution in [2.24, 2.45) is 10.9 Å². The number of hydrogen-bond donors (Lipinski definition) is 1. The van der Waals surface area contributed by atoms with Crippen molar-refractivity contribution in [2.75, 3.05) is 46.9 Å². The second kappa shape index (κ2) is 10.6. The van der Waals surface area contributed by atoms with Crippen molar-refractivity contribution >= 4 is 11.9 Å². The molecule has 1 atom stereocenters. The summed E-state index contributed by atoms with van der Waals surface area (Å²) in [5.74, 6) is 1.91. The molecule has 1 N–H and O–H groups in total. The molecule has 1 amide bonds. The number of piperidine rings is 1. The zero-order valence-corrected chi connectivity index (χ0v) is 16.3. The average molecular weight is 353 g/mol. The summed E-state index contributed by atoms with van der Waals surface area (Å²) in [5, 5.41) is 3.35. The Balaban J connectivity index is 1.67. The molecule has 0 aromatic rings. The molecule has 0 radical (unpaired) electrons. The zero-order chi connectivity index (χ0) is 18.1. The van der Waals surface area contributed by atoms with Crippen LogP contribution in [0.25, 0.3) is 0 Å². The Kier molecular flexibility index (Phi) is 8.52. The molecule has 0 aliphatic carbocycles. The van der Waals surface area contributed by atoms with Crippen LogP contribution in [0.2, 0.25) is 0 Å². The summed E-state index contributed by atoms with van der Waals surface area (Å²) in [4.78, 5) is 21.0. The number of hydrogen-bond acceptors (Lipinski definition) is 3. The van der Waals surface area contributed by atoms with Crippen LogP contribution in [-0.4, -0.2) is 74.7 Å². The lowest BCUT2D eigenvalue weighted by atomic mass is 9.96. The Bertz CT molecular complexity index is 435. The van der Waals surface area contributed by atoms with Gasteiger partial charge in [0.15, 0.2) is 5.96 Å². The van der Waals surface area contributed by atoms with Crippen LogP contribution < -0.4 is 5.32 Å². The largest absolute Gasteiger partial charge is 0.381 e. The molecule has 0 bridgehead atoms. The van der Waals surface area contributed by atoms with Gasteiger partial charge in [0.2, 0.25) is 5.91 Å². The highest BCUT2D eigenvalue weighted by molar-refractivity contribution is 5.81. The monoisotopic (exact) mass is 352 g/mol. The highest BCUT2D eigenvalue weighted by Crippen LogP contribution is 2.19. The second-order valence-corrected chi connectivity index (χ2v) is 7.42. The number of ether oxygens (including phenoxy) is 1. The van der Waals surface area contributed by atoms with Gasteiger partial charge in [0, 0.05) is 59.4 Å². The minimum Gasteiger partial charge on any atom is -0.381 e. The van der Waals surface area contributed by atoms with E-state index in [0.29, 0.717) is 19.0 Å². The van der Waals surface area contributed by atoms with Crippen molar-refractivity contribution in [1.82, 2.24) is 15.1 Å². The number of guanidine groups is 1. The number of amides is 1. The van der Waals surface area contributed by atoms with Gasteiger partial charge in [-0.2, -0.15) is 0 Å². The van der Waals surface area contributed by atoms with Gasteiger partial charge in [0.05, 0.1) is 0 Å². The van der Waals surface area contributed by atoms with Crippen molar-refractivity contribution in [1.29, 1.82) is 0 Å². The van der Waals surface area contributed by atoms with Crippen molar-refractivity contribution in [2.45, 2.75) is 57.9 Å². The Morgan fingerprint density at radius 1 is 1.28 bits per heavy atom. The quantitative estimate of drug-likeness (QED) is 0.587. The molecule has 0 saturated carbocycles. The minimum absolute atomic E-state index is 0.264. The molecule has 2 saturated heterocycles. The van der Waals surface area contributed by atoms with Crippen LogP contribution in [0.5, 0.6) is 0 Å². The fraction of sp³-hybridized carbons (Fsp3) is 0.895. The minimum atomic E-state index is 0.264. The van der Waals surface area contributed by atoms with Gasteiger partial charge < -0.3 is 19.9 Å². The zero-order valence-electron chi connectivity index (χ0n) is 16.3. The van der Waals surface area contributed by atoms with Crippen LogP contribution in [0.1, 0.15) is 51.9 Å². The molecular formula is C19H36N4O2. The van der Waals surface area contributed by atoms with Gasteiger partial charge in [-0.1, -0.05) is 0 Å². The molecule has 6 heteroatoms. The third-order valence-corrected chi connectivity index (χ3v) is 5.53. The van der Waals surface area contributed by atoms with Crippen LogP contribution in [-0.2, 0) is 9.53 Å². The standard InChI is InChI=1S/C19H36N4O2/c1-16-6-4-5-12-23(16)18(24)7-11-21-19(20-2)22(3)13-8-17-9-14-25-15-10-17/h16-17H,4-15H2,1-3H3,(H,20,21). The van der Waals surface area contributed by atoms with Crippen LogP contribution in [0.15, 0.2) is 4.99 Å². The van der Waals surface area contributed by atoms with Gasteiger partial charge in [-0.15, -0.1) is 0 Å². The number of aliphatic imine (C=N–C) groups is 1. The molecule has 25 heavy (non-hydrogen) atoms. The summed E-state index contributed by atoms with van der Waals surface area (Å²) < 4.78 is 5.42. The highest BCUT2D eigenvalue weighted by Gasteiger charge is 2.22. The number of likely N-dealkylation sites (tertiary alicyclic amines) is 1. The molecule has 144 valence electrons. The second-order valence-electron chi connectivity index (χ2n) is 7.42. The van der Waals surface area contributed by atoms with Crippen LogP contribution in [0.4, 0.5) is 0 Å². The summed E-state index contributed by atoms with van der Waals surface area (Å²) in [6.45, 7) is 6.52. The average Bonchev–Trinajstić information content (AvgIpc) is 2.64. The Morgan fingerprint density at radius 3 is 2.72 bits per heavy atom. The first-order valence-electron chi connectivity index (χ1n) is 9.90. The van der Waals surface area contributed by atoms with Crippen LogP contribution in [0.3, 0.4) is 0 Å². The predicted molar refractivity (Wildman–Crippen MR) is 102 cm³/mol. The molecule has 0 aromatic carbocycles. The van der Waals surface area contributed by atoms with E-state index in [1.165, 1.54) is 25.7 Å². The van der Waals surface area contributed by atoms with E-state index in [1.54, 1.807) is 0 Å². The van der Waals surface area contributed by atoms with Crippen molar-refractivity contribution in [3.8, 4) is 0 Å². The molecule has 6 nitrogen and oxygen atoms in total. The van der Waals surface area contributed by atoms with E-state index < -0.39 is 0 Å². The number of nitrogens with zero attached hydrogens (tertiary/aromatic N) is 3. The highest BCUT2D eigenvalue weighted by atomic mass is 16.5. The molecule has 2 heterocycles. The Labute approximate surface area is 153 Å².